The van der Waals surface area contributed by atoms with Crippen LogP contribution in [-0.4, -0.2) is 43.8 Å². The Hall–Kier alpha value is -1.70. The number of likely N-dealkylation sites (tertiary alicyclic amines) is 1. The Kier molecular flexibility index (Phi) is 2.89. The summed E-state index contributed by atoms with van der Waals surface area (Å²) in [6.45, 7) is -0.117. The highest BCUT2D eigenvalue weighted by molar-refractivity contribution is 9.10. The molecule has 2 N–H and O–H groups in total. The van der Waals surface area contributed by atoms with Gasteiger partial charge in [0.25, 0.3) is 0 Å². The number of nitrogens with zero attached hydrogens (tertiary/aromatic N) is 3. The number of amides is 1. The van der Waals surface area contributed by atoms with Gasteiger partial charge in [-0.15, -0.1) is 0 Å². The maximum atomic E-state index is 13.4. The molecule has 1 saturated heterocycles. The molecule has 0 radical (unpaired) electrons. The number of aromatic amines is 1. The molecule has 2 aromatic rings. The van der Waals surface area contributed by atoms with Crippen molar-refractivity contribution in [2.24, 2.45) is 0 Å². The van der Waals surface area contributed by atoms with Crippen molar-refractivity contribution in [1.29, 1.82) is 0 Å². The van der Waals surface area contributed by atoms with Crippen molar-refractivity contribution in [3.05, 3.63) is 22.6 Å². The molecule has 1 aliphatic rings. The summed E-state index contributed by atoms with van der Waals surface area (Å²) in [6, 6.07) is 2.96. The summed E-state index contributed by atoms with van der Waals surface area (Å²) in [5.74, 6) is 0.433. The number of rotatable bonds is 1. The van der Waals surface area contributed by atoms with Gasteiger partial charge < -0.3 is 10.1 Å². The van der Waals surface area contributed by atoms with Gasteiger partial charge in [-0.2, -0.15) is 0 Å². The Morgan fingerprint density at radius 3 is 3.05 bits per heavy atom. The summed E-state index contributed by atoms with van der Waals surface area (Å²) in [6.07, 6.45) is -2.18. The van der Waals surface area contributed by atoms with E-state index in [4.69, 9.17) is 5.11 Å². The zero-order chi connectivity index (χ0) is 13.6. The van der Waals surface area contributed by atoms with Crippen LogP contribution in [0.25, 0.3) is 11.2 Å². The van der Waals surface area contributed by atoms with Crippen molar-refractivity contribution in [3.8, 4) is 0 Å². The van der Waals surface area contributed by atoms with Crippen molar-refractivity contribution in [1.82, 2.24) is 19.9 Å². The second kappa shape index (κ2) is 4.44. The lowest BCUT2D eigenvalue weighted by Gasteiger charge is -2.18. The number of imidazole rings is 1. The number of H-pyrrole nitrogens is 1. The highest BCUT2D eigenvalue weighted by atomic mass is 79.9. The number of carbonyl (C=O) groups is 1. The van der Waals surface area contributed by atoms with Gasteiger partial charge in [-0.05, 0) is 28.1 Å². The summed E-state index contributed by atoms with van der Waals surface area (Å²) in [5.41, 5.74) is 1.18. The molecular formula is C11H10BrFN4O2. The van der Waals surface area contributed by atoms with E-state index in [-0.39, 0.29) is 13.0 Å². The normalized spacial score (nSPS) is 23.2. The average molecular weight is 329 g/mol. The second-order valence-electron chi connectivity index (χ2n) is 4.41. The first-order valence-electron chi connectivity index (χ1n) is 5.70. The zero-order valence-electron chi connectivity index (χ0n) is 9.68. The third kappa shape index (κ3) is 2.16. The third-order valence-electron chi connectivity index (χ3n) is 3.14. The molecule has 1 aliphatic heterocycles. The highest BCUT2D eigenvalue weighted by Crippen LogP contribution is 2.32. The van der Waals surface area contributed by atoms with Crippen LogP contribution in [0.15, 0.2) is 16.7 Å². The summed E-state index contributed by atoms with van der Waals surface area (Å²) >= 11 is 3.24. The van der Waals surface area contributed by atoms with Crippen LogP contribution in [0.3, 0.4) is 0 Å². The van der Waals surface area contributed by atoms with Gasteiger partial charge in [0.2, 0.25) is 0 Å². The Labute approximate surface area is 115 Å². The van der Waals surface area contributed by atoms with E-state index in [1.54, 1.807) is 12.1 Å². The fraction of sp³-hybridized carbons (Fsp3) is 0.364. The molecule has 3 heterocycles. The molecule has 1 amide bonds. The largest absolute Gasteiger partial charge is 0.465 e. The Morgan fingerprint density at radius 2 is 2.32 bits per heavy atom. The fourth-order valence-electron chi connectivity index (χ4n) is 2.30. The SMILES string of the molecule is O=C(O)N1C[C@H](F)C[C@@H]1c1nc2nc(Br)ccc2[nH]1. The summed E-state index contributed by atoms with van der Waals surface area (Å²) in [4.78, 5) is 23.6. The minimum atomic E-state index is -1.16. The van der Waals surface area contributed by atoms with Crippen LogP contribution >= 0.6 is 15.9 Å². The molecule has 3 rings (SSSR count). The number of nitrogens with one attached hydrogen (secondary N) is 1. The lowest BCUT2D eigenvalue weighted by molar-refractivity contribution is 0.137. The summed E-state index contributed by atoms with van der Waals surface area (Å²) in [5, 5.41) is 9.08. The van der Waals surface area contributed by atoms with Gasteiger partial charge in [0.1, 0.15) is 16.6 Å². The van der Waals surface area contributed by atoms with Gasteiger partial charge in [-0.25, -0.2) is 19.2 Å². The molecule has 0 aromatic carbocycles. The van der Waals surface area contributed by atoms with Crippen LogP contribution in [0.2, 0.25) is 0 Å². The predicted molar refractivity (Wildman–Crippen MR) is 68.6 cm³/mol. The smallest absolute Gasteiger partial charge is 0.408 e. The van der Waals surface area contributed by atoms with Crippen LogP contribution in [0.4, 0.5) is 9.18 Å². The molecular weight excluding hydrogens is 319 g/mol. The molecule has 0 bridgehead atoms. The molecule has 0 saturated carbocycles. The Balaban J connectivity index is 2.01. The van der Waals surface area contributed by atoms with Gasteiger partial charge in [-0.1, -0.05) is 0 Å². The summed E-state index contributed by atoms with van der Waals surface area (Å²) in [7, 11) is 0. The maximum Gasteiger partial charge on any atom is 0.408 e. The molecule has 8 heteroatoms. The first-order valence-corrected chi connectivity index (χ1v) is 6.49. The molecule has 0 unspecified atom stereocenters. The lowest BCUT2D eigenvalue weighted by atomic mass is 10.2. The van der Waals surface area contributed by atoms with E-state index in [1.807, 2.05) is 0 Å². The number of alkyl halides is 1. The Morgan fingerprint density at radius 1 is 1.53 bits per heavy atom. The number of hydrogen-bond acceptors (Lipinski definition) is 3. The number of hydrogen-bond donors (Lipinski definition) is 2. The van der Waals surface area contributed by atoms with Crippen molar-refractivity contribution in [2.75, 3.05) is 6.54 Å². The van der Waals surface area contributed by atoms with E-state index >= 15 is 0 Å². The van der Waals surface area contributed by atoms with Crippen LogP contribution in [-0.2, 0) is 0 Å². The first-order chi connectivity index (χ1) is 9.04. The first kappa shape index (κ1) is 12.3. The Bertz CT molecular complexity index is 647. The minimum absolute atomic E-state index is 0.117. The van der Waals surface area contributed by atoms with Gasteiger partial charge in [0, 0.05) is 6.42 Å². The van der Waals surface area contributed by atoms with Crippen molar-refractivity contribution < 1.29 is 14.3 Å². The molecule has 100 valence electrons. The molecule has 1 fully saturated rings. The molecule has 19 heavy (non-hydrogen) atoms. The molecule has 0 aliphatic carbocycles. The van der Waals surface area contributed by atoms with E-state index in [0.29, 0.717) is 21.6 Å². The van der Waals surface area contributed by atoms with Gasteiger partial charge in [0.15, 0.2) is 5.65 Å². The average Bonchev–Trinajstić information content (AvgIpc) is 2.91. The lowest BCUT2D eigenvalue weighted by Crippen LogP contribution is -2.30. The summed E-state index contributed by atoms with van der Waals surface area (Å²) < 4.78 is 14.1. The highest BCUT2D eigenvalue weighted by Gasteiger charge is 2.38. The maximum absolute atomic E-state index is 13.4. The van der Waals surface area contributed by atoms with E-state index in [1.165, 1.54) is 0 Å². The van der Waals surface area contributed by atoms with E-state index in [9.17, 15) is 9.18 Å². The van der Waals surface area contributed by atoms with Crippen LogP contribution in [0, 0.1) is 0 Å². The quantitative estimate of drug-likeness (QED) is 0.788. The van der Waals surface area contributed by atoms with Crippen LogP contribution in [0.1, 0.15) is 18.3 Å². The topological polar surface area (TPSA) is 82.1 Å². The van der Waals surface area contributed by atoms with Gasteiger partial charge >= 0.3 is 6.09 Å². The molecule has 2 atom stereocenters. The van der Waals surface area contributed by atoms with Crippen LogP contribution < -0.4 is 0 Å². The molecule has 0 spiro atoms. The molecule has 2 aromatic heterocycles. The number of pyridine rings is 1. The fourth-order valence-corrected chi connectivity index (χ4v) is 2.60. The zero-order valence-corrected chi connectivity index (χ0v) is 11.3. The predicted octanol–water partition coefficient (Wildman–Crippen LogP) is 2.48. The second-order valence-corrected chi connectivity index (χ2v) is 5.22. The number of halogens is 2. The van der Waals surface area contributed by atoms with Crippen molar-refractivity contribution in [2.45, 2.75) is 18.6 Å². The van der Waals surface area contributed by atoms with Gasteiger partial charge in [-0.3, -0.25) is 4.90 Å². The van der Waals surface area contributed by atoms with E-state index in [0.717, 1.165) is 4.90 Å². The minimum Gasteiger partial charge on any atom is -0.465 e. The standard InChI is InChI=1S/C11H10BrFN4O2/c12-8-2-1-6-9(15-8)16-10(14-6)7-3-5(13)4-17(7)11(18)19/h1-2,5,7H,3-4H2,(H,18,19)(H,14,15,16)/t5-,7-/m1/s1. The van der Waals surface area contributed by atoms with Crippen molar-refractivity contribution >= 4 is 33.2 Å². The number of fused-ring (bicyclic) bond motifs is 1. The van der Waals surface area contributed by atoms with Gasteiger partial charge in [0.05, 0.1) is 18.1 Å². The monoisotopic (exact) mass is 328 g/mol. The van der Waals surface area contributed by atoms with E-state index in [2.05, 4.69) is 30.9 Å². The number of aromatic nitrogens is 3. The number of carboxylic acid groups (broad SMARTS) is 1. The third-order valence-corrected chi connectivity index (χ3v) is 3.58. The van der Waals surface area contributed by atoms with Crippen molar-refractivity contribution in [3.63, 3.8) is 0 Å². The molecule has 6 nitrogen and oxygen atoms in total. The van der Waals surface area contributed by atoms with E-state index < -0.39 is 18.3 Å². The van der Waals surface area contributed by atoms with Crippen LogP contribution in [0.5, 0.6) is 0 Å².